The maximum Gasteiger partial charge on any atom is 0.244 e. The summed E-state index contributed by atoms with van der Waals surface area (Å²) >= 11 is 12.3. The third-order valence-corrected chi connectivity index (χ3v) is 4.65. The lowest BCUT2D eigenvalue weighted by Gasteiger charge is -2.18. The molecule has 3 nitrogen and oxygen atoms in total. The molecule has 0 aromatic heterocycles. The van der Waals surface area contributed by atoms with Crippen LogP contribution in [-0.4, -0.2) is 5.91 Å². The summed E-state index contributed by atoms with van der Waals surface area (Å²) < 4.78 is 14.6. The molecule has 110 valence electrons. The van der Waals surface area contributed by atoms with Gasteiger partial charge in [-0.05, 0) is 67.8 Å². The molecule has 1 atom stereocenters. The van der Waals surface area contributed by atoms with Crippen molar-refractivity contribution in [1.82, 2.24) is 0 Å². The van der Waals surface area contributed by atoms with Crippen molar-refractivity contribution in [2.45, 2.75) is 6.04 Å². The molecule has 3 N–H and O–H groups in total. The van der Waals surface area contributed by atoms with Crippen LogP contribution in [0.5, 0.6) is 0 Å². The van der Waals surface area contributed by atoms with Gasteiger partial charge in [-0.3, -0.25) is 4.79 Å². The summed E-state index contributed by atoms with van der Waals surface area (Å²) in [6.07, 6.45) is 0. The number of benzene rings is 2. The lowest BCUT2D eigenvalue weighted by molar-refractivity contribution is -0.118. The Balaban J connectivity index is 2.32. The van der Waals surface area contributed by atoms with Gasteiger partial charge in [-0.1, -0.05) is 17.7 Å². The van der Waals surface area contributed by atoms with Gasteiger partial charge in [0.1, 0.15) is 11.9 Å². The number of primary amides is 1. The standard InChI is InChI=1S/C14H10Br2ClFN2O/c15-9-3-1-7(5-12(9)18)13(14(19)21)20-8-2-4-11(17)10(16)6-8/h1-6,13,20H,(H2,19,21). The summed E-state index contributed by atoms with van der Waals surface area (Å²) in [5.74, 6) is -1.07. The van der Waals surface area contributed by atoms with Gasteiger partial charge >= 0.3 is 0 Å². The molecule has 1 amide bonds. The number of hydrogen-bond donors (Lipinski definition) is 2. The Hall–Kier alpha value is -1.11. The van der Waals surface area contributed by atoms with E-state index in [1.807, 2.05) is 0 Å². The zero-order valence-corrected chi connectivity index (χ0v) is 14.5. The third kappa shape index (κ3) is 3.96. The summed E-state index contributed by atoms with van der Waals surface area (Å²) in [5.41, 5.74) is 6.48. The summed E-state index contributed by atoms with van der Waals surface area (Å²) in [7, 11) is 0. The van der Waals surface area contributed by atoms with Crippen LogP contribution >= 0.6 is 43.5 Å². The smallest absolute Gasteiger partial charge is 0.244 e. The lowest BCUT2D eigenvalue weighted by Crippen LogP contribution is -2.27. The molecule has 2 rings (SSSR count). The van der Waals surface area contributed by atoms with E-state index in [-0.39, 0.29) is 0 Å². The number of amides is 1. The van der Waals surface area contributed by atoms with Crippen molar-refractivity contribution in [3.05, 3.63) is 61.7 Å². The first-order valence-electron chi connectivity index (χ1n) is 5.84. The number of hydrogen-bond acceptors (Lipinski definition) is 2. The summed E-state index contributed by atoms with van der Waals surface area (Å²) in [5, 5.41) is 3.51. The molecule has 0 saturated heterocycles. The first-order valence-corrected chi connectivity index (χ1v) is 7.80. The van der Waals surface area contributed by atoms with Crippen LogP contribution in [0.3, 0.4) is 0 Å². The average molecular weight is 437 g/mol. The number of carbonyl (C=O) groups excluding carboxylic acids is 1. The van der Waals surface area contributed by atoms with E-state index in [1.165, 1.54) is 12.1 Å². The van der Waals surface area contributed by atoms with Crippen molar-refractivity contribution in [3.63, 3.8) is 0 Å². The van der Waals surface area contributed by atoms with E-state index in [0.29, 0.717) is 25.2 Å². The number of halogens is 4. The van der Waals surface area contributed by atoms with Gasteiger partial charge in [0.2, 0.25) is 5.91 Å². The van der Waals surface area contributed by atoms with Crippen LogP contribution in [0, 0.1) is 5.82 Å². The molecule has 0 spiro atoms. The van der Waals surface area contributed by atoms with Gasteiger partial charge in [0.15, 0.2) is 0 Å². The van der Waals surface area contributed by atoms with Crippen molar-refractivity contribution in [3.8, 4) is 0 Å². The van der Waals surface area contributed by atoms with E-state index in [0.717, 1.165) is 0 Å². The van der Waals surface area contributed by atoms with Gasteiger partial charge in [0.25, 0.3) is 0 Å². The van der Waals surface area contributed by atoms with E-state index < -0.39 is 17.8 Å². The molecule has 0 fully saturated rings. The number of rotatable bonds is 4. The number of carbonyl (C=O) groups is 1. The van der Waals surface area contributed by atoms with E-state index in [4.69, 9.17) is 17.3 Å². The maximum absolute atomic E-state index is 13.6. The highest BCUT2D eigenvalue weighted by Crippen LogP contribution is 2.28. The first-order chi connectivity index (χ1) is 9.88. The van der Waals surface area contributed by atoms with Crippen LogP contribution in [0.4, 0.5) is 10.1 Å². The van der Waals surface area contributed by atoms with Crippen LogP contribution in [0.2, 0.25) is 5.02 Å². The average Bonchev–Trinajstić information content (AvgIpc) is 2.43. The van der Waals surface area contributed by atoms with E-state index in [9.17, 15) is 9.18 Å². The lowest BCUT2D eigenvalue weighted by atomic mass is 10.1. The molecular formula is C14H10Br2ClFN2O. The maximum atomic E-state index is 13.6. The Morgan fingerprint density at radius 2 is 1.90 bits per heavy atom. The van der Waals surface area contributed by atoms with Crippen LogP contribution in [0.15, 0.2) is 45.3 Å². The first kappa shape index (κ1) is 16.3. The second-order valence-corrected chi connectivity index (χ2v) is 6.40. The molecule has 0 saturated carbocycles. The van der Waals surface area contributed by atoms with Gasteiger partial charge in [-0.25, -0.2) is 4.39 Å². The quantitative estimate of drug-likeness (QED) is 0.734. The van der Waals surface area contributed by atoms with E-state index in [2.05, 4.69) is 37.2 Å². The molecule has 0 bridgehead atoms. The van der Waals surface area contributed by atoms with Crippen LogP contribution in [0.1, 0.15) is 11.6 Å². The normalized spacial score (nSPS) is 12.0. The fourth-order valence-corrected chi connectivity index (χ4v) is 2.51. The second kappa shape index (κ2) is 6.77. The van der Waals surface area contributed by atoms with Crippen LogP contribution < -0.4 is 11.1 Å². The second-order valence-electron chi connectivity index (χ2n) is 4.28. The van der Waals surface area contributed by atoms with Crippen LogP contribution in [0.25, 0.3) is 0 Å². The minimum absolute atomic E-state index is 0.323. The van der Waals surface area contributed by atoms with Gasteiger partial charge in [-0.2, -0.15) is 0 Å². The highest BCUT2D eigenvalue weighted by Gasteiger charge is 2.19. The third-order valence-electron chi connectivity index (χ3n) is 2.79. The largest absolute Gasteiger partial charge is 0.370 e. The fourth-order valence-electron chi connectivity index (χ4n) is 1.76. The van der Waals surface area contributed by atoms with Gasteiger partial charge in [0.05, 0.1) is 9.50 Å². The van der Waals surface area contributed by atoms with Gasteiger partial charge < -0.3 is 11.1 Å². The Labute approximate surface area is 142 Å². The van der Waals surface area contributed by atoms with Crippen molar-refractivity contribution in [1.29, 1.82) is 0 Å². The molecule has 2 aromatic rings. The molecule has 0 heterocycles. The number of nitrogens with two attached hydrogens (primary N) is 1. The minimum Gasteiger partial charge on any atom is -0.370 e. The Bertz CT molecular complexity index is 697. The van der Waals surface area contributed by atoms with Crippen molar-refractivity contribution in [2.75, 3.05) is 5.32 Å². The molecule has 0 aliphatic rings. The minimum atomic E-state index is -0.847. The molecule has 1 unspecified atom stereocenters. The summed E-state index contributed by atoms with van der Waals surface area (Å²) in [6, 6.07) is 8.67. The number of anilines is 1. The molecular weight excluding hydrogens is 426 g/mol. The predicted molar refractivity (Wildman–Crippen MR) is 88.8 cm³/mol. The van der Waals surface area contributed by atoms with Gasteiger partial charge in [0, 0.05) is 10.2 Å². The molecule has 0 aliphatic carbocycles. The van der Waals surface area contributed by atoms with E-state index >= 15 is 0 Å². The van der Waals surface area contributed by atoms with Crippen molar-refractivity contribution < 1.29 is 9.18 Å². The van der Waals surface area contributed by atoms with Gasteiger partial charge in [-0.15, -0.1) is 0 Å². The van der Waals surface area contributed by atoms with Crippen molar-refractivity contribution >= 4 is 55.1 Å². The Kier molecular flexibility index (Phi) is 5.24. The Morgan fingerprint density at radius 3 is 2.48 bits per heavy atom. The molecule has 21 heavy (non-hydrogen) atoms. The molecule has 7 heteroatoms. The predicted octanol–water partition coefficient (Wildman–Crippen LogP) is 4.64. The SMILES string of the molecule is NC(=O)C(Nc1ccc(Cl)c(Br)c1)c1ccc(Br)c(F)c1. The molecule has 2 aromatic carbocycles. The topological polar surface area (TPSA) is 55.1 Å². The van der Waals surface area contributed by atoms with E-state index in [1.54, 1.807) is 24.3 Å². The monoisotopic (exact) mass is 434 g/mol. The number of nitrogens with one attached hydrogen (secondary N) is 1. The zero-order chi connectivity index (χ0) is 15.6. The fraction of sp³-hybridized carbons (Fsp3) is 0.0714. The zero-order valence-electron chi connectivity index (χ0n) is 10.5. The summed E-state index contributed by atoms with van der Waals surface area (Å²) in [6.45, 7) is 0. The molecule has 0 radical (unpaired) electrons. The molecule has 0 aliphatic heterocycles. The van der Waals surface area contributed by atoms with Crippen LogP contribution in [-0.2, 0) is 4.79 Å². The highest BCUT2D eigenvalue weighted by molar-refractivity contribution is 9.10. The summed E-state index contributed by atoms with van der Waals surface area (Å²) in [4.78, 5) is 11.6. The highest BCUT2D eigenvalue weighted by atomic mass is 79.9. The Morgan fingerprint density at radius 1 is 1.19 bits per heavy atom. The van der Waals surface area contributed by atoms with Crippen molar-refractivity contribution in [2.24, 2.45) is 5.73 Å².